The molecule has 2 saturated heterocycles. The predicted octanol–water partition coefficient (Wildman–Crippen LogP) is 1.80. The van der Waals surface area contributed by atoms with Gasteiger partial charge in [-0.05, 0) is 51.6 Å². The molecule has 27 heavy (non-hydrogen) atoms. The molecular weight excluding hydrogens is 366 g/mol. The standard InChI is InChI=1S/C18H25N5O3S/c1-11(23-15(25)18(22-17(23)26)6-2-3-7-18)14(24)21-16-20-10-13(27-16)12-4-8-19-9-5-12/h10-12,19H,2-9H2,1H3,(H,22,26)(H,20,21,24). The first kappa shape index (κ1) is 18.4. The lowest BCUT2D eigenvalue weighted by atomic mass is 9.97. The fraction of sp³-hybridized carbons (Fsp3) is 0.667. The molecule has 1 aromatic rings. The Balaban J connectivity index is 1.41. The maximum atomic E-state index is 12.8. The van der Waals surface area contributed by atoms with Crippen molar-refractivity contribution in [3.8, 4) is 0 Å². The highest BCUT2D eigenvalue weighted by molar-refractivity contribution is 7.15. The van der Waals surface area contributed by atoms with E-state index in [4.69, 9.17) is 0 Å². The number of thiazole rings is 1. The molecule has 3 fully saturated rings. The number of imide groups is 1. The molecule has 0 radical (unpaired) electrons. The van der Waals surface area contributed by atoms with Gasteiger partial charge in [0.15, 0.2) is 5.13 Å². The van der Waals surface area contributed by atoms with Crippen LogP contribution in [0, 0.1) is 0 Å². The van der Waals surface area contributed by atoms with E-state index in [-0.39, 0.29) is 11.8 Å². The molecular formula is C18H25N5O3S. The molecule has 0 aromatic carbocycles. The Morgan fingerprint density at radius 3 is 2.74 bits per heavy atom. The summed E-state index contributed by atoms with van der Waals surface area (Å²) in [5.74, 6) is -0.193. The van der Waals surface area contributed by atoms with Gasteiger partial charge in [0.05, 0.1) is 0 Å². The Kier molecular flexibility index (Phi) is 4.90. The second-order valence-corrected chi connectivity index (χ2v) is 8.71. The summed E-state index contributed by atoms with van der Waals surface area (Å²) in [4.78, 5) is 44.3. The molecule has 146 valence electrons. The van der Waals surface area contributed by atoms with Gasteiger partial charge >= 0.3 is 6.03 Å². The highest BCUT2D eigenvalue weighted by atomic mass is 32.1. The van der Waals surface area contributed by atoms with Crippen molar-refractivity contribution in [3.05, 3.63) is 11.1 Å². The second-order valence-electron chi connectivity index (χ2n) is 7.65. The van der Waals surface area contributed by atoms with E-state index < -0.39 is 17.6 Å². The van der Waals surface area contributed by atoms with E-state index in [2.05, 4.69) is 20.9 Å². The number of anilines is 1. The van der Waals surface area contributed by atoms with Crippen molar-refractivity contribution in [1.82, 2.24) is 20.5 Å². The summed E-state index contributed by atoms with van der Waals surface area (Å²) in [5.41, 5.74) is -0.797. The normalized spacial score (nSPS) is 23.7. The van der Waals surface area contributed by atoms with Crippen molar-refractivity contribution in [2.45, 2.75) is 62.9 Å². The summed E-state index contributed by atoms with van der Waals surface area (Å²) in [6, 6.07) is -1.34. The Morgan fingerprint density at radius 1 is 1.33 bits per heavy atom. The summed E-state index contributed by atoms with van der Waals surface area (Å²) < 4.78 is 0. The summed E-state index contributed by atoms with van der Waals surface area (Å²) >= 11 is 1.47. The van der Waals surface area contributed by atoms with Crippen LogP contribution < -0.4 is 16.0 Å². The summed E-state index contributed by atoms with van der Waals surface area (Å²) in [6.07, 6.45) is 7.08. The van der Waals surface area contributed by atoms with E-state index in [1.54, 1.807) is 6.92 Å². The van der Waals surface area contributed by atoms with Crippen molar-refractivity contribution in [2.75, 3.05) is 18.4 Å². The summed E-state index contributed by atoms with van der Waals surface area (Å²) in [7, 11) is 0. The van der Waals surface area contributed by atoms with Gasteiger partial charge < -0.3 is 16.0 Å². The Labute approximate surface area is 162 Å². The first-order valence-corrected chi connectivity index (χ1v) is 10.4. The number of aromatic nitrogens is 1. The molecule has 1 saturated carbocycles. The van der Waals surface area contributed by atoms with Gasteiger partial charge in [0.2, 0.25) is 5.91 Å². The van der Waals surface area contributed by atoms with Gasteiger partial charge in [-0.1, -0.05) is 12.8 Å². The van der Waals surface area contributed by atoms with Crippen LogP contribution in [0.25, 0.3) is 0 Å². The monoisotopic (exact) mass is 391 g/mol. The molecule has 1 spiro atoms. The van der Waals surface area contributed by atoms with Gasteiger partial charge in [0.25, 0.3) is 5.91 Å². The quantitative estimate of drug-likeness (QED) is 0.679. The van der Waals surface area contributed by atoms with Crippen LogP contribution in [0.1, 0.15) is 56.2 Å². The van der Waals surface area contributed by atoms with Crippen LogP contribution in [0.15, 0.2) is 6.20 Å². The van der Waals surface area contributed by atoms with Crippen LogP contribution in [0.2, 0.25) is 0 Å². The first-order chi connectivity index (χ1) is 13.0. The number of nitrogens with one attached hydrogen (secondary N) is 3. The van der Waals surface area contributed by atoms with Crippen LogP contribution in [0.3, 0.4) is 0 Å². The molecule has 4 rings (SSSR count). The van der Waals surface area contributed by atoms with E-state index >= 15 is 0 Å². The molecule has 0 bridgehead atoms. The zero-order valence-corrected chi connectivity index (χ0v) is 16.2. The molecule has 3 heterocycles. The van der Waals surface area contributed by atoms with Crippen molar-refractivity contribution in [1.29, 1.82) is 0 Å². The van der Waals surface area contributed by atoms with Crippen molar-refractivity contribution in [3.63, 3.8) is 0 Å². The third-order valence-electron chi connectivity index (χ3n) is 5.91. The van der Waals surface area contributed by atoms with Crippen LogP contribution in [0.5, 0.6) is 0 Å². The smallest absolute Gasteiger partial charge is 0.323 e. The third kappa shape index (κ3) is 3.34. The number of carbonyl (C=O) groups is 3. The molecule has 1 aliphatic carbocycles. The van der Waals surface area contributed by atoms with Gasteiger partial charge in [-0.2, -0.15) is 0 Å². The molecule has 3 N–H and O–H groups in total. The number of hydrogen-bond acceptors (Lipinski definition) is 6. The maximum Gasteiger partial charge on any atom is 0.325 e. The molecule has 1 unspecified atom stereocenters. The average molecular weight is 391 g/mol. The average Bonchev–Trinajstić information content (AvgIpc) is 3.37. The van der Waals surface area contributed by atoms with Crippen LogP contribution >= 0.6 is 11.3 Å². The third-order valence-corrected chi connectivity index (χ3v) is 6.99. The number of piperidine rings is 1. The molecule has 3 aliphatic rings. The highest BCUT2D eigenvalue weighted by Crippen LogP contribution is 2.36. The number of hydrogen-bond donors (Lipinski definition) is 3. The number of rotatable bonds is 4. The minimum atomic E-state index is -0.872. The predicted molar refractivity (Wildman–Crippen MR) is 102 cm³/mol. The minimum absolute atomic E-state index is 0.276. The van der Waals surface area contributed by atoms with Crippen LogP contribution in [-0.2, 0) is 9.59 Å². The molecule has 2 aliphatic heterocycles. The second kappa shape index (κ2) is 7.20. The van der Waals surface area contributed by atoms with Crippen LogP contribution in [0.4, 0.5) is 9.93 Å². The summed E-state index contributed by atoms with van der Waals surface area (Å²) in [5, 5.41) is 9.45. The van der Waals surface area contributed by atoms with E-state index in [0.29, 0.717) is 23.9 Å². The van der Waals surface area contributed by atoms with Crippen LogP contribution in [-0.4, -0.2) is 52.4 Å². The van der Waals surface area contributed by atoms with Gasteiger partial charge in [0, 0.05) is 11.1 Å². The van der Waals surface area contributed by atoms with Crippen molar-refractivity contribution >= 4 is 34.3 Å². The maximum absolute atomic E-state index is 12.8. The van der Waals surface area contributed by atoms with Crippen molar-refractivity contribution < 1.29 is 14.4 Å². The van der Waals surface area contributed by atoms with Gasteiger partial charge in [0.1, 0.15) is 11.6 Å². The number of urea groups is 1. The lowest BCUT2D eigenvalue weighted by molar-refractivity contribution is -0.136. The topological polar surface area (TPSA) is 103 Å². The number of nitrogens with zero attached hydrogens (tertiary/aromatic N) is 2. The Bertz CT molecular complexity index is 752. The molecule has 9 heteroatoms. The zero-order chi connectivity index (χ0) is 19.0. The SMILES string of the molecule is CC(C(=O)Nc1ncc(C2CCNCC2)s1)N1C(=O)NC2(CCCC2)C1=O. The Hall–Kier alpha value is -2.00. The fourth-order valence-electron chi connectivity index (χ4n) is 4.28. The van der Waals surface area contributed by atoms with Crippen molar-refractivity contribution in [2.24, 2.45) is 0 Å². The Morgan fingerprint density at radius 2 is 2.04 bits per heavy atom. The summed E-state index contributed by atoms with van der Waals surface area (Å²) in [6.45, 7) is 3.58. The minimum Gasteiger partial charge on any atom is -0.323 e. The molecule has 1 aromatic heterocycles. The van der Waals surface area contributed by atoms with Gasteiger partial charge in [-0.15, -0.1) is 11.3 Å². The van der Waals surface area contributed by atoms with E-state index in [1.807, 2.05) is 6.20 Å². The molecule has 1 atom stereocenters. The highest BCUT2D eigenvalue weighted by Gasteiger charge is 2.54. The fourth-order valence-corrected chi connectivity index (χ4v) is 5.27. The number of amides is 4. The lowest BCUT2D eigenvalue weighted by Crippen LogP contribution is -2.48. The van der Waals surface area contributed by atoms with E-state index in [1.165, 1.54) is 16.2 Å². The molecule has 8 nitrogen and oxygen atoms in total. The molecule has 4 amide bonds. The van der Waals surface area contributed by atoms with Gasteiger partial charge in [-0.3, -0.25) is 9.59 Å². The zero-order valence-electron chi connectivity index (χ0n) is 15.4. The largest absolute Gasteiger partial charge is 0.325 e. The number of carbonyl (C=O) groups excluding carboxylic acids is 3. The van der Waals surface area contributed by atoms with E-state index in [0.717, 1.165) is 43.7 Å². The van der Waals surface area contributed by atoms with Gasteiger partial charge in [-0.25, -0.2) is 14.7 Å². The first-order valence-electron chi connectivity index (χ1n) is 9.63. The van der Waals surface area contributed by atoms with E-state index in [9.17, 15) is 14.4 Å². The lowest BCUT2D eigenvalue weighted by Gasteiger charge is -2.23.